The highest BCUT2D eigenvalue weighted by Crippen LogP contribution is 2.10. The maximum Gasteiger partial charge on any atom is 0.362 e. The third-order valence-electron chi connectivity index (χ3n) is 2.36. The van der Waals surface area contributed by atoms with Crippen molar-refractivity contribution in [2.75, 3.05) is 5.32 Å². The third-order valence-corrected chi connectivity index (χ3v) is 2.36. The van der Waals surface area contributed by atoms with Gasteiger partial charge in [-0.15, -0.1) is 0 Å². The normalized spacial score (nSPS) is 10.5. The Morgan fingerprint density at radius 3 is 2.15 bits per heavy atom. The van der Waals surface area contributed by atoms with E-state index in [1.807, 2.05) is 0 Å². The summed E-state index contributed by atoms with van der Waals surface area (Å²) in [6.45, 7) is 1.18. The second kappa shape index (κ2) is 9.06. The molecule has 1 unspecified atom stereocenters. The van der Waals surface area contributed by atoms with Crippen molar-refractivity contribution in [1.29, 1.82) is 0 Å². The van der Waals surface area contributed by atoms with E-state index in [1.165, 1.54) is 6.92 Å². The molecule has 5 N–H and O–H groups in total. The van der Waals surface area contributed by atoms with Crippen molar-refractivity contribution in [2.24, 2.45) is 0 Å². The Balaban J connectivity index is 0. The largest absolute Gasteiger partial charge is 1.00 e. The number of nitrogens with one attached hydrogen (secondary N) is 1. The molecule has 0 saturated carbocycles. The molecule has 0 fully saturated rings. The van der Waals surface area contributed by atoms with Crippen molar-refractivity contribution in [3.05, 3.63) is 29.8 Å². The number of Topliss-reactive ketones (excluding diaryl/α,β-unsaturated/α-hetero) is 1. The molecule has 0 bridgehead atoms. The van der Waals surface area contributed by atoms with E-state index in [0.29, 0.717) is 12.1 Å². The van der Waals surface area contributed by atoms with Gasteiger partial charge in [0, 0.05) is 19.0 Å². The molecule has 0 aliphatic carbocycles. The van der Waals surface area contributed by atoms with Crippen LogP contribution in [0.2, 0.25) is 0 Å². The molecule has 1 aromatic carbocycles. The average Bonchev–Trinajstić information content (AvgIpc) is 2.31. The number of carbonyl (C=O) groups is 3. The molecule has 112 valence electrons. The molecule has 1 rings (SSSR count). The Bertz CT molecular complexity index is 474. The minimum atomic E-state index is -0.955. The summed E-state index contributed by atoms with van der Waals surface area (Å²) in [4.78, 5) is 32.5. The Morgan fingerprint density at radius 1 is 1.25 bits per heavy atom. The van der Waals surface area contributed by atoms with Crippen molar-refractivity contribution in [2.45, 2.75) is 26.8 Å². The summed E-state index contributed by atoms with van der Waals surface area (Å²) in [5.41, 5.74) is 4.81. The molecule has 0 radical (unpaired) electrons. The summed E-state index contributed by atoms with van der Waals surface area (Å²) in [5.74, 6) is -2.20. The third kappa shape index (κ3) is 6.31. The Kier molecular flexibility index (Phi) is 9.24. The number of halogens is 1. The lowest BCUT2D eigenvalue weighted by Crippen LogP contribution is -3.00. The molecular formula is C13H19ClN2O4. The monoisotopic (exact) mass is 302 g/mol. The molecule has 1 amide bonds. The van der Waals surface area contributed by atoms with Gasteiger partial charge < -0.3 is 28.6 Å². The van der Waals surface area contributed by atoms with Crippen LogP contribution in [0.4, 0.5) is 5.69 Å². The number of hydrogen-bond acceptors (Lipinski definition) is 3. The van der Waals surface area contributed by atoms with Crippen LogP contribution >= 0.6 is 0 Å². The van der Waals surface area contributed by atoms with Crippen molar-refractivity contribution in [3.63, 3.8) is 0 Å². The van der Waals surface area contributed by atoms with E-state index in [-0.39, 0.29) is 19.8 Å². The van der Waals surface area contributed by atoms with Crippen molar-refractivity contribution in [3.8, 4) is 0 Å². The Morgan fingerprint density at radius 2 is 1.75 bits per heavy atom. The number of benzene rings is 1. The molecule has 0 saturated heterocycles. The van der Waals surface area contributed by atoms with E-state index in [2.05, 4.69) is 11.1 Å². The van der Waals surface area contributed by atoms with Gasteiger partial charge in [0.1, 0.15) is 0 Å². The first-order valence-corrected chi connectivity index (χ1v) is 5.37. The second-order valence-corrected chi connectivity index (χ2v) is 3.95. The van der Waals surface area contributed by atoms with Crippen LogP contribution in [0.15, 0.2) is 24.3 Å². The molecule has 20 heavy (non-hydrogen) atoms. The number of quaternary nitrogens is 1. The zero-order valence-corrected chi connectivity index (χ0v) is 11.1. The van der Waals surface area contributed by atoms with Crippen LogP contribution < -0.4 is 23.5 Å². The fourth-order valence-electron chi connectivity index (χ4n) is 1.32. The number of aliphatic carboxylic acids is 1. The van der Waals surface area contributed by atoms with E-state index < -0.39 is 23.7 Å². The first kappa shape index (κ1) is 20.4. The zero-order chi connectivity index (χ0) is 13.7. The molecule has 0 spiro atoms. The highest BCUT2D eigenvalue weighted by atomic mass is 35.5. The van der Waals surface area contributed by atoms with Crippen molar-refractivity contribution >= 4 is 23.3 Å². The van der Waals surface area contributed by atoms with E-state index in [4.69, 9.17) is 5.11 Å². The van der Waals surface area contributed by atoms with Gasteiger partial charge in [0.05, 0.1) is 0 Å². The summed E-state index contributed by atoms with van der Waals surface area (Å²) in [7, 11) is 0. The minimum absolute atomic E-state index is 0. The number of carbonyl (C=O) groups excluding carboxylic acids is 2. The van der Waals surface area contributed by atoms with Gasteiger partial charge in [-0.05, 0) is 17.7 Å². The second-order valence-electron chi connectivity index (χ2n) is 3.95. The summed E-state index contributed by atoms with van der Waals surface area (Å²) < 4.78 is 0. The molecule has 1 aromatic rings. The quantitative estimate of drug-likeness (QED) is 0.506. The van der Waals surface area contributed by atoms with Gasteiger partial charge >= 0.3 is 5.97 Å². The van der Waals surface area contributed by atoms with Crippen molar-refractivity contribution in [1.82, 2.24) is 0 Å². The predicted molar refractivity (Wildman–Crippen MR) is 70.5 cm³/mol. The van der Waals surface area contributed by atoms with Crippen LogP contribution in [-0.2, 0) is 20.8 Å². The topological polar surface area (TPSA) is 111 Å². The lowest BCUT2D eigenvalue weighted by Gasteiger charge is -2.06. The summed E-state index contributed by atoms with van der Waals surface area (Å²) >= 11 is 0. The number of carboxylic acid groups (broad SMARTS) is 1. The van der Waals surface area contributed by atoms with Gasteiger partial charge in [-0.25, -0.2) is 4.79 Å². The van der Waals surface area contributed by atoms with Crippen LogP contribution in [0.25, 0.3) is 0 Å². The number of amides is 1. The number of ketones is 1. The summed E-state index contributed by atoms with van der Waals surface area (Å²) in [6.07, 6.45) is 0.316. The molecule has 0 aromatic heterocycles. The lowest BCUT2D eigenvalue weighted by molar-refractivity contribution is -0.407. The summed E-state index contributed by atoms with van der Waals surface area (Å²) in [6, 6.07) is 5.91. The van der Waals surface area contributed by atoms with E-state index in [9.17, 15) is 14.4 Å². The highest BCUT2D eigenvalue weighted by Gasteiger charge is 2.16. The average molecular weight is 303 g/mol. The zero-order valence-electron chi connectivity index (χ0n) is 10.4. The predicted octanol–water partition coefficient (Wildman–Crippen LogP) is -2.91. The van der Waals surface area contributed by atoms with Crippen molar-refractivity contribution < 1.29 is 37.6 Å². The van der Waals surface area contributed by atoms with E-state index >= 15 is 0 Å². The molecule has 1 atom stereocenters. The van der Waals surface area contributed by atoms with Crippen LogP contribution in [-0.4, -0.2) is 28.8 Å². The Labute approximate surface area is 123 Å². The SMILES string of the molecule is C.CC(=O)C(=O)Nc1ccc(CC([NH3+])C(=O)O)cc1.[Cl-]. The van der Waals surface area contributed by atoms with Crippen LogP contribution in [0.1, 0.15) is 19.9 Å². The van der Waals surface area contributed by atoms with Gasteiger partial charge in [-0.3, -0.25) is 9.59 Å². The van der Waals surface area contributed by atoms with Crippen LogP contribution in [0.5, 0.6) is 0 Å². The number of anilines is 1. The molecule has 6 nitrogen and oxygen atoms in total. The molecular weight excluding hydrogens is 284 g/mol. The van der Waals surface area contributed by atoms with Gasteiger partial charge in [-0.2, -0.15) is 0 Å². The number of carboxylic acids is 1. The van der Waals surface area contributed by atoms with Gasteiger partial charge in [-0.1, -0.05) is 19.6 Å². The maximum atomic E-state index is 11.1. The smallest absolute Gasteiger partial charge is 0.362 e. The molecule has 0 aliphatic heterocycles. The van der Waals surface area contributed by atoms with E-state index in [1.54, 1.807) is 24.3 Å². The highest BCUT2D eigenvalue weighted by molar-refractivity contribution is 6.39. The molecule has 0 heterocycles. The van der Waals surface area contributed by atoms with Gasteiger partial charge in [0.25, 0.3) is 5.91 Å². The van der Waals surface area contributed by atoms with Gasteiger partial charge in [0.15, 0.2) is 6.04 Å². The van der Waals surface area contributed by atoms with E-state index in [0.717, 1.165) is 5.56 Å². The van der Waals surface area contributed by atoms with Crippen LogP contribution in [0, 0.1) is 0 Å². The van der Waals surface area contributed by atoms with Crippen LogP contribution in [0.3, 0.4) is 0 Å². The summed E-state index contributed by atoms with van der Waals surface area (Å²) in [5, 5.41) is 11.1. The first-order chi connectivity index (χ1) is 8.40. The number of rotatable bonds is 5. The fourth-order valence-corrected chi connectivity index (χ4v) is 1.32. The molecule has 0 aliphatic rings. The first-order valence-electron chi connectivity index (χ1n) is 5.37. The minimum Gasteiger partial charge on any atom is -1.00 e. The lowest BCUT2D eigenvalue weighted by atomic mass is 10.1. The number of hydrogen-bond donors (Lipinski definition) is 3. The molecule has 7 heteroatoms. The fraction of sp³-hybridized carbons (Fsp3) is 0.308. The van der Waals surface area contributed by atoms with Gasteiger partial charge in [0.2, 0.25) is 5.78 Å². The standard InChI is InChI=1S/C12H14N2O4.CH4.ClH/c1-7(15)11(16)14-9-4-2-8(3-5-9)6-10(13)12(17)18;;/h2-5,10H,6,13H2,1H3,(H,14,16)(H,17,18);1H4;1H. The maximum absolute atomic E-state index is 11.1. The Hall–Kier alpha value is -1.92.